The fraction of sp³-hybridized carbons (Fsp3) is 0.462. The molecule has 1 aliphatic heterocycles. The average Bonchev–Trinajstić information content (AvgIpc) is 2.25. The zero-order chi connectivity index (χ0) is 14.2. The van der Waals surface area contributed by atoms with Crippen LogP contribution in [0, 0.1) is 23.4 Å². The van der Waals surface area contributed by atoms with E-state index < -0.39 is 28.9 Å². The van der Waals surface area contributed by atoms with Gasteiger partial charge in [0.1, 0.15) is 23.0 Å². The van der Waals surface area contributed by atoms with Crippen molar-refractivity contribution in [3.05, 3.63) is 35.1 Å². The molecule has 2 atom stereocenters. The summed E-state index contributed by atoms with van der Waals surface area (Å²) < 4.78 is 39.9. The van der Waals surface area contributed by atoms with Gasteiger partial charge in [-0.05, 0) is 12.3 Å². The fourth-order valence-corrected chi connectivity index (χ4v) is 2.47. The summed E-state index contributed by atoms with van der Waals surface area (Å²) in [5.74, 6) is -4.03. The van der Waals surface area contributed by atoms with E-state index in [-0.39, 0.29) is 18.5 Å². The van der Waals surface area contributed by atoms with E-state index in [1.165, 1.54) is 4.90 Å². The van der Waals surface area contributed by atoms with Gasteiger partial charge in [0.2, 0.25) is 0 Å². The summed E-state index contributed by atoms with van der Waals surface area (Å²) in [6.45, 7) is 2.55. The van der Waals surface area contributed by atoms with Gasteiger partial charge in [-0.1, -0.05) is 6.92 Å². The van der Waals surface area contributed by atoms with E-state index in [2.05, 4.69) is 0 Å². The van der Waals surface area contributed by atoms with Crippen molar-refractivity contribution in [3.8, 4) is 0 Å². The lowest BCUT2D eigenvalue weighted by Gasteiger charge is -2.34. The molecule has 0 bridgehead atoms. The standard InChI is InChI=1S/C13H15F3N2O/c1-7-2-9(17)6-18(5-7)13(19)12-10(15)3-8(14)4-11(12)16/h3-4,7,9H,2,5-6,17H2,1H3. The Hall–Kier alpha value is -1.56. The van der Waals surface area contributed by atoms with E-state index in [0.717, 1.165) is 6.42 Å². The molecule has 1 fully saturated rings. The number of carbonyl (C=O) groups excluding carboxylic acids is 1. The number of benzene rings is 1. The van der Waals surface area contributed by atoms with Gasteiger partial charge in [0.25, 0.3) is 5.91 Å². The van der Waals surface area contributed by atoms with Crippen LogP contribution in [0.1, 0.15) is 23.7 Å². The van der Waals surface area contributed by atoms with Crippen LogP contribution < -0.4 is 5.73 Å². The Labute approximate surface area is 109 Å². The van der Waals surface area contributed by atoms with Crippen molar-refractivity contribution in [3.63, 3.8) is 0 Å². The second-order valence-corrected chi connectivity index (χ2v) is 5.06. The van der Waals surface area contributed by atoms with Gasteiger partial charge in [0.15, 0.2) is 0 Å². The molecule has 104 valence electrons. The van der Waals surface area contributed by atoms with Crippen molar-refractivity contribution in [2.45, 2.75) is 19.4 Å². The van der Waals surface area contributed by atoms with Crippen molar-refractivity contribution in [2.24, 2.45) is 11.7 Å². The first kappa shape index (κ1) is 13.9. The lowest BCUT2D eigenvalue weighted by Crippen LogP contribution is -2.49. The van der Waals surface area contributed by atoms with Crippen LogP contribution in [0.3, 0.4) is 0 Å². The van der Waals surface area contributed by atoms with E-state index in [9.17, 15) is 18.0 Å². The summed E-state index contributed by atoms with van der Waals surface area (Å²) in [4.78, 5) is 13.4. The van der Waals surface area contributed by atoms with E-state index >= 15 is 0 Å². The molecule has 1 amide bonds. The Balaban J connectivity index is 2.29. The molecule has 1 aromatic rings. The Morgan fingerprint density at radius 3 is 2.37 bits per heavy atom. The number of carbonyl (C=O) groups is 1. The summed E-state index contributed by atoms with van der Waals surface area (Å²) >= 11 is 0. The lowest BCUT2D eigenvalue weighted by molar-refractivity contribution is 0.0651. The molecular weight excluding hydrogens is 257 g/mol. The lowest BCUT2D eigenvalue weighted by atomic mass is 9.96. The number of hydrogen-bond acceptors (Lipinski definition) is 2. The molecule has 1 heterocycles. The minimum atomic E-state index is -1.19. The first-order chi connectivity index (χ1) is 8.88. The number of likely N-dealkylation sites (tertiary alicyclic amines) is 1. The maximum absolute atomic E-state index is 13.6. The summed E-state index contributed by atoms with van der Waals surface area (Å²) in [7, 11) is 0. The number of halogens is 3. The highest BCUT2D eigenvalue weighted by Crippen LogP contribution is 2.21. The zero-order valence-corrected chi connectivity index (χ0v) is 10.5. The molecule has 0 saturated carbocycles. The van der Waals surface area contributed by atoms with Gasteiger partial charge in [0, 0.05) is 31.3 Å². The summed E-state index contributed by atoms with van der Waals surface area (Å²) in [5, 5.41) is 0. The van der Waals surface area contributed by atoms with Gasteiger partial charge in [-0.2, -0.15) is 0 Å². The van der Waals surface area contributed by atoms with Crippen molar-refractivity contribution in [1.82, 2.24) is 4.90 Å². The van der Waals surface area contributed by atoms with Gasteiger partial charge in [-0.15, -0.1) is 0 Å². The largest absolute Gasteiger partial charge is 0.337 e. The summed E-state index contributed by atoms with van der Waals surface area (Å²) in [5.41, 5.74) is 5.07. The second-order valence-electron chi connectivity index (χ2n) is 5.06. The zero-order valence-electron chi connectivity index (χ0n) is 10.5. The van der Waals surface area contributed by atoms with Crippen LogP contribution in [0.2, 0.25) is 0 Å². The first-order valence-corrected chi connectivity index (χ1v) is 6.08. The van der Waals surface area contributed by atoms with Crippen LogP contribution in [0.25, 0.3) is 0 Å². The molecule has 1 saturated heterocycles. The van der Waals surface area contributed by atoms with Gasteiger partial charge in [-0.25, -0.2) is 13.2 Å². The molecule has 6 heteroatoms. The SMILES string of the molecule is CC1CC(N)CN(C(=O)c2c(F)cc(F)cc2F)C1. The maximum Gasteiger partial charge on any atom is 0.259 e. The number of nitrogens with two attached hydrogens (primary N) is 1. The average molecular weight is 272 g/mol. The van der Waals surface area contributed by atoms with Crippen LogP contribution in [-0.2, 0) is 0 Å². The molecule has 0 aromatic heterocycles. The van der Waals surface area contributed by atoms with Crippen LogP contribution in [0.15, 0.2) is 12.1 Å². The van der Waals surface area contributed by atoms with Crippen LogP contribution in [0.4, 0.5) is 13.2 Å². The second kappa shape index (κ2) is 5.21. The molecule has 0 radical (unpaired) electrons. The molecular formula is C13H15F3N2O. The highest BCUT2D eigenvalue weighted by molar-refractivity contribution is 5.94. The highest BCUT2D eigenvalue weighted by Gasteiger charge is 2.30. The predicted octanol–water partition coefficient (Wildman–Crippen LogP) is 1.91. The molecule has 0 aliphatic carbocycles. The third-order valence-corrected chi connectivity index (χ3v) is 3.20. The summed E-state index contributed by atoms with van der Waals surface area (Å²) in [6.07, 6.45) is 0.762. The first-order valence-electron chi connectivity index (χ1n) is 6.08. The van der Waals surface area contributed by atoms with E-state index in [1.54, 1.807) is 0 Å². The Morgan fingerprint density at radius 1 is 1.26 bits per heavy atom. The van der Waals surface area contributed by atoms with Crippen molar-refractivity contribution in [2.75, 3.05) is 13.1 Å². The van der Waals surface area contributed by atoms with Gasteiger partial charge >= 0.3 is 0 Å². The normalized spacial score (nSPS) is 23.5. The Kier molecular flexibility index (Phi) is 3.80. The molecule has 3 nitrogen and oxygen atoms in total. The van der Waals surface area contributed by atoms with Crippen molar-refractivity contribution < 1.29 is 18.0 Å². The minimum absolute atomic E-state index is 0.166. The Morgan fingerprint density at radius 2 is 1.84 bits per heavy atom. The topological polar surface area (TPSA) is 46.3 Å². The molecule has 2 rings (SSSR count). The molecule has 1 aromatic carbocycles. The highest BCUT2D eigenvalue weighted by atomic mass is 19.1. The quantitative estimate of drug-likeness (QED) is 0.849. The van der Waals surface area contributed by atoms with Gasteiger partial charge in [-0.3, -0.25) is 4.79 Å². The fourth-order valence-electron chi connectivity index (χ4n) is 2.47. The van der Waals surface area contributed by atoms with Crippen LogP contribution in [0.5, 0.6) is 0 Å². The smallest absolute Gasteiger partial charge is 0.259 e. The number of rotatable bonds is 1. The van der Waals surface area contributed by atoms with Crippen LogP contribution >= 0.6 is 0 Å². The van der Waals surface area contributed by atoms with Gasteiger partial charge in [0.05, 0.1) is 0 Å². The predicted molar refractivity (Wildman–Crippen MR) is 64.0 cm³/mol. The minimum Gasteiger partial charge on any atom is -0.337 e. The number of nitrogens with zero attached hydrogens (tertiary/aromatic N) is 1. The van der Waals surface area contributed by atoms with Crippen LogP contribution in [-0.4, -0.2) is 29.9 Å². The van der Waals surface area contributed by atoms with E-state index in [4.69, 9.17) is 5.73 Å². The Bertz CT molecular complexity index is 474. The third kappa shape index (κ3) is 2.89. The molecule has 2 N–H and O–H groups in total. The molecule has 19 heavy (non-hydrogen) atoms. The monoisotopic (exact) mass is 272 g/mol. The number of amides is 1. The van der Waals surface area contributed by atoms with E-state index in [1.807, 2.05) is 6.92 Å². The van der Waals surface area contributed by atoms with Crippen molar-refractivity contribution >= 4 is 5.91 Å². The van der Waals surface area contributed by atoms with Crippen molar-refractivity contribution in [1.29, 1.82) is 0 Å². The molecule has 0 spiro atoms. The van der Waals surface area contributed by atoms with Gasteiger partial charge < -0.3 is 10.6 Å². The maximum atomic E-state index is 13.6. The third-order valence-electron chi connectivity index (χ3n) is 3.20. The number of hydrogen-bond donors (Lipinski definition) is 1. The number of piperidine rings is 1. The molecule has 1 aliphatic rings. The summed E-state index contributed by atoms with van der Waals surface area (Å²) in [6, 6.07) is 0.798. The van der Waals surface area contributed by atoms with E-state index in [0.29, 0.717) is 18.7 Å². The molecule has 2 unspecified atom stereocenters.